The van der Waals surface area contributed by atoms with E-state index in [0.29, 0.717) is 31.7 Å². The fourth-order valence-electron chi connectivity index (χ4n) is 2.43. The molecule has 0 spiro atoms. The minimum absolute atomic E-state index is 0.0761. The third kappa shape index (κ3) is 3.62. The summed E-state index contributed by atoms with van der Waals surface area (Å²) in [6.07, 6.45) is 0. The van der Waals surface area contributed by atoms with Crippen LogP contribution in [0, 0.1) is 11.7 Å². The van der Waals surface area contributed by atoms with Crippen molar-refractivity contribution in [2.24, 2.45) is 11.7 Å². The Labute approximate surface area is 129 Å². The van der Waals surface area contributed by atoms with Gasteiger partial charge in [-0.05, 0) is 24.1 Å². The molecular weight excluding hydrogens is 285 g/mol. The van der Waals surface area contributed by atoms with E-state index in [1.54, 1.807) is 15.9 Å². The van der Waals surface area contributed by atoms with Crippen molar-refractivity contribution in [3.63, 3.8) is 0 Å². The Kier molecular flexibility index (Phi) is 5.13. The molecule has 1 fully saturated rings. The van der Waals surface area contributed by atoms with E-state index in [2.05, 4.69) is 0 Å². The summed E-state index contributed by atoms with van der Waals surface area (Å²) in [5.41, 5.74) is 6.21. The maximum Gasteiger partial charge on any atom is 0.254 e. The second-order valence-electron chi connectivity index (χ2n) is 5.90. The van der Waals surface area contributed by atoms with Gasteiger partial charge in [0, 0.05) is 31.7 Å². The smallest absolute Gasteiger partial charge is 0.254 e. The van der Waals surface area contributed by atoms with Gasteiger partial charge in [0.15, 0.2) is 0 Å². The van der Waals surface area contributed by atoms with E-state index in [1.807, 2.05) is 13.8 Å². The Morgan fingerprint density at radius 3 is 2.27 bits per heavy atom. The Bertz CT molecular complexity index is 554. The predicted octanol–water partition coefficient (Wildman–Crippen LogP) is 1.09. The molecule has 6 heteroatoms. The monoisotopic (exact) mass is 307 g/mol. The molecule has 1 aliphatic heterocycles. The number of carbonyl (C=O) groups excluding carboxylic acids is 2. The molecule has 0 saturated carbocycles. The molecular formula is C16H22FN3O2. The summed E-state index contributed by atoms with van der Waals surface area (Å²) in [4.78, 5) is 27.8. The van der Waals surface area contributed by atoms with Gasteiger partial charge in [-0.15, -0.1) is 0 Å². The highest BCUT2D eigenvalue weighted by molar-refractivity contribution is 5.94. The SMILES string of the molecule is CC(C)[C@H](N)C(=O)N1CCN(C(=O)c2cccc(F)c2)CC1. The van der Waals surface area contributed by atoms with Crippen molar-refractivity contribution in [1.82, 2.24) is 9.80 Å². The molecule has 1 atom stereocenters. The van der Waals surface area contributed by atoms with Crippen molar-refractivity contribution in [3.8, 4) is 0 Å². The molecule has 2 N–H and O–H groups in total. The average molecular weight is 307 g/mol. The standard InChI is InChI=1S/C16H22FN3O2/c1-11(2)14(18)16(22)20-8-6-19(7-9-20)15(21)12-4-3-5-13(17)10-12/h3-5,10-11,14H,6-9,18H2,1-2H3/t14-/m0/s1. The number of piperazine rings is 1. The zero-order valence-corrected chi connectivity index (χ0v) is 13.0. The van der Waals surface area contributed by atoms with Gasteiger partial charge in [-0.25, -0.2) is 4.39 Å². The lowest BCUT2D eigenvalue weighted by molar-refractivity contribution is -0.135. The van der Waals surface area contributed by atoms with Crippen molar-refractivity contribution in [3.05, 3.63) is 35.6 Å². The summed E-state index contributed by atoms with van der Waals surface area (Å²) in [7, 11) is 0. The lowest BCUT2D eigenvalue weighted by Gasteiger charge is -2.36. The predicted molar refractivity (Wildman–Crippen MR) is 81.7 cm³/mol. The number of amides is 2. The van der Waals surface area contributed by atoms with Crippen LogP contribution >= 0.6 is 0 Å². The number of carbonyl (C=O) groups is 2. The molecule has 22 heavy (non-hydrogen) atoms. The number of hydrogen-bond acceptors (Lipinski definition) is 3. The van der Waals surface area contributed by atoms with Gasteiger partial charge in [0.25, 0.3) is 5.91 Å². The molecule has 0 radical (unpaired) electrons. The molecule has 2 amide bonds. The van der Waals surface area contributed by atoms with Gasteiger partial charge in [0.1, 0.15) is 5.82 Å². The van der Waals surface area contributed by atoms with Crippen LogP contribution in [0.2, 0.25) is 0 Å². The Morgan fingerprint density at radius 2 is 1.73 bits per heavy atom. The van der Waals surface area contributed by atoms with Crippen LogP contribution in [0.5, 0.6) is 0 Å². The molecule has 1 aromatic rings. The first-order chi connectivity index (χ1) is 10.4. The van der Waals surface area contributed by atoms with E-state index < -0.39 is 11.9 Å². The third-order valence-corrected chi connectivity index (χ3v) is 3.95. The number of rotatable bonds is 3. The van der Waals surface area contributed by atoms with Crippen LogP contribution in [0.25, 0.3) is 0 Å². The van der Waals surface area contributed by atoms with Crippen molar-refractivity contribution in [2.45, 2.75) is 19.9 Å². The van der Waals surface area contributed by atoms with Crippen LogP contribution in [-0.4, -0.2) is 53.8 Å². The average Bonchev–Trinajstić information content (AvgIpc) is 2.52. The van der Waals surface area contributed by atoms with Gasteiger partial charge >= 0.3 is 0 Å². The van der Waals surface area contributed by atoms with E-state index in [0.717, 1.165) is 0 Å². The fraction of sp³-hybridized carbons (Fsp3) is 0.500. The van der Waals surface area contributed by atoms with E-state index in [9.17, 15) is 14.0 Å². The summed E-state index contributed by atoms with van der Waals surface area (Å²) < 4.78 is 13.2. The molecule has 0 bridgehead atoms. The van der Waals surface area contributed by atoms with E-state index >= 15 is 0 Å². The summed E-state index contributed by atoms with van der Waals surface area (Å²) >= 11 is 0. The van der Waals surface area contributed by atoms with Crippen molar-refractivity contribution >= 4 is 11.8 Å². The van der Waals surface area contributed by atoms with E-state index in [-0.39, 0.29) is 17.7 Å². The molecule has 0 aromatic heterocycles. The Balaban J connectivity index is 1.95. The van der Waals surface area contributed by atoms with E-state index in [1.165, 1.54) is 18.2 Å². The van der Waals surface area contributed by atoms with Gasteiger partial charge in [0.2, 0.25) is 5.91 Å². The number of hydrogen-bond donors (Lipinski definition) is 1. The van der Waals surface area contributed by atoms with Gasteiger partial charge in [-0.2, -0.15) is 0 Å². The van der Waals surface area contributed by atoms with Crippen LogP contribution in [-0.2, 0) is 4.79 Å². The molecule has 2 rings (SSSR count). The molecule has 1 heterocycles. The van der Waals surface area contributed by atoms with Crippen LogP contribution in [0.1, 0.15) is 24.2 Å². The van der Waals surface area contributed by atoms with Crippen LogP contribution in [0.3, 0.4) is 0 Å². The minimum atomic E-state index is -0.509. The molecule has 1 aromatic carbocycles. The molecule has 1 saturated heterocycles. The molecule has 120 valence electrons. The molecule has 0 unspecified atom stereocenters. The van der Waals surface area contributed by atoms with Gasteiger partial charge in [-0.3, -0.25) is 9.59 Å². The first-order valence-corrected chi connectivity index (χ1v) is 7.49. The zero-order valence-electron chi connectivity index (χ0n) is 13.0. The fourth-order valence-corrected chi connectivity index (χ4v) is 2.43. The van der Waals surface area contributed by atoms with Gasteiger partial charge < -0.3 is 15.5 Å². The summed E-state index contributed by atoms with van der Waals surface area (Å²) in [5.74, 6) is -0.630. The highest BCUT2D eigenvalue weighted by Gasteiger charge is 2.28. The normalized spacial score (nSPS) is 16.8. The number of nitrogens with two attached hydrogens (primary N) is 1. The van der Waals surface area contributed by atoms with E-state index in [4.69, 9.17) is 5.73 Å². The van der Waals surface area contributed by atoms with Crippen molar-refractivity contribution in [2.75, 3.05) is 26.2 Å². The highest BCUT2D eigenvalue weighted by atomic mass is 19.1. The Morgan fingerprint density at radius 1 is 1.14 bits per heavy atom. The lowest BCUT2D eigenvalue weighted by Crippen LogP contribution is -2.55. The molecule has 5 nitrogen and oxygen atoms in total. The number of halogens is 1. The maximum atomic E-state index is 13.2. The highest BCUT2D eigenvalue weighted by Crippen LogP contribution is 2.12. The number of nitrogens with zero attached hydrogens (tertiary/aromatic N) is 2. The summed E-state index contributed by atoms with van der Waals surface area (Å²) in [6, 6.07) is 5.14. The second-order valence-corrected chi connectivity index (χ2v) is 5.90. The van der Waals surface area contributed by atoms with Crippen molar-refractivity contribution < 1.29 is 14.0 Å². The minimum Gasteiger partial charge on any atom is -0.338 e. The lowest BCUT2D eigenvalue weighted by atomic mass is 10.0. The largest absolute Gasteiger partial charge is 0.338 e. The summed E-state index contributed by atoms with van der Waals surface area (Å²) in [5, 5.41) is 0. The van der Waals surface area contributed by atoms with Crippen molar-refractivity contribution in [1.29, 1.82) is 0 Å². The third-order valence-electron chi connectivity index (χ3n) is 3.95. The van der Waals surface area contributed by atoms with Gasteiger partial charge in [0.05, 0.1) is 6.04 Å². The first-order valence-electron chi connectivity index (χ1n) is 7.49. The first kappa shape index (κ1) is 16.4. The van der Waals surface area contributed by atoms with Crippen LogP contribution < -0.4 is 5.73 Å². The quantitative estimate of drug-likeness (QED) is 0.909. The Hall–Kier alpha value is -1.95. The molecule has 0 aliphatic carbocycles. The second kappa shape index (κ2) is 6.87. The zero-order chi connectivity index (χ0) is 16.3. The maximum absolute atomic E-state index is 13.2. The van der Waals surface area contributed by atoms with Gasteiger partial charge in [-0.1, -0.05) is 19.9 Å². The van der Waals surface area contributed by atoms with Crippen LogP contribution in [0.4, 0.5) is 4.39 Å². The summed E-state index contributed by atoms with van der Waals surface area (Å²) in [6.45, 7) is 5.61. The number of benzene rings is 1. The topological polar surface area (TPSA) is 66.6 Å². The molecule has 1 aliphatic rings. The van der Waals surface area contributed by atoms with Crippen LogP contribution in [0.15, 0.2) is 24.3 Å².